The van der Waals surface area contributed by atoms with Gasteiger partial charge in [0.2, 0.25) is 0 Å². The molecule has 0 aliphatic heterocycles. The summed E-state index contributed by atoms with van der Waals surface area (Å²) in [6, 6.07) is 6.37. The first kappa shape index (κ1) is 12.1. The highest BCUT2D eigenvalue weighted by Gasteiger charge is 1.91. The smallest absolute Gasteiger partial charge is 0.123 e. The van der Waals surface area contributed by atoms with Gasteiger partial charge in [-0.25, -0.2) is 4.39 Å². The number of ether oxygens (including phenoxy) is 1. The Balaban J connectivity index is 0.000000424. The van der Waals surface area contributed by atoms with Crippen molar-refractivity contribution in [3.63, 3.8) is 0 Å². The fourth-order valence-electron chi connectivity index (χ4n) is 0.793. The number of hydrogen-bond donors (Lipinski definition) is 0. The first-order valence-electron chi connectivity index (χ1n) is 4.48. The molecule has 0 saturated carbocycles. The van der Waals surface area contributed by atoms with Crippen LogP contribution in [0.3, 0.4) is 0 Å². The Bertz CT molecular complexity index is 223. The Morgan fingerprint density at radius 3 is 2.38 bits per heavy atom. The second-order valence-electron chi connectivity index (χ2n) is 2.77. The number of rotatable bonds is 2. The van der Waals surface area contributed by atoms with E-state index in [-0.39, 0.29) is 5.82 Å². The van der Waals surface area contributed by atoms with Gasteiger partial charge in [0.05, 0.1) is 6.61 Å². The molecule has 0 saturated heterocycles. The van der Waals surface area contributed by atoms with Gasteiger partial charge < -0.3 is 4.74 Å². The van der Waals surface area contributed by atoms with Crippen LogP contribution in [0.25, 0.3) is 0 Å². The van der Waals surface area contributed by atoms with Crippen molar-refractivity contribution in [2.24, 2.45) is 0 Å². The van der Waals surface area contributed by atoms with Gasteiger partial charge in [-0.2, -0.15) is 0 Å². The molecule has 2 heteroatoms. The van der Waals surface area contributed by atoms with Gasteiger partial charge in [-0.1, -0.05) is 32.4 Å². The van der Waals surface area contributed by atoms with Gasteiger partial charge in [-0.05, 0) is 17.7 Å². The summed E-state index contributed by atoms with van der Waals surface area (Å²) in [5, 5.41) is 0. The maximum Gasteiger partial charge on any atom is 0.123 e. The lowest BCUT2D eigenvalue weighted by Gasteiger charge is -1.97. The molecule has 0 radical (unpaired) electrons. The van der Waals surface area contributed by atoms with Crippen LogP contribution in [0.4, 0.5) is 4.39 Å². The average molecular weight is 184 g/mol. The van der Waals surface area contributed by atoms with Crippen LogP contribution in [-0.2, 0) is 11.3 Å². The molecule has 74 valence electrons. The summed E-state index contributed by atoms with van der Waals surface area (Å²) in [4.78, 5) is 0. The van der Waals surface area contributed by atoms with Crippen molar-refractivity contribution >= 4 is 0 Å². The number of hydrogen-bond acceptors (Lipinski definition) is 1. The SMILES string of the molecule is CCC.COCc1cccc(F)c1. The van der Waals surface area contributed by atoms with Gasteiger partial charge >= 0.3 is 0 Å². The quantitative estimate of drug-likeness (QED) is 0.684. The molecule has 1 aromatic carbocycles. The zero-order valence-electron chi connectivity index (χ0n) is 8.51. The van der Waals surface area contributed by atoms with Crippen LogP contribution in [0, 0.1) is 5.82 Å². The number of halogens is 1. The van der Waals surface area contributed by atoms with Crippen LogP contribution in [0.5, 0.6) is 0 Å². The largest absolute Gasteiger partial charge is 0.380 e. The number of methoxy groups -OCH3 is 1. The molecule has 0 unspecified atom stereocenters. The second-order valence-corrected chi connectivity index (χ2v) is 2.77. The summed E-state index contributed by atoms with van der Waals surface area (Å²) >= 11 is 0. The summed E-state index contributed by atoms with van der Waals surface area (Å²) in [5.74, 6) is -0.213. The molecule has 0 atom stereocenters. The minimum Gasteiger partial charge on any atom is -0.380 e. The van der Waals surface area contributed by atoms with E-state index in [1.165, 1.54) is 18.6 Å². The van der Waals surface area contributed by atoms with Gasteiger partial charge in [0.25, 0.3) is 0 Å². The molecule has 0 fully saturated rings. The summed E-state index contributed by atoms with van der Waals surface area (Å²) in [6.45, 7) is 4.72. The van der Waals surface area contributed by atoms with E-state index >= 15 is 0 Å². The lowest BCUT2D eigenvalue weighted by atomic mass is 10.2. The molecular formula is C11H17FO. The van der Waals surface area contributed by atoms with Gasteiger partial charge in [-0.3, -0.25) is 0 Å². The van der Waals surface area contributed by atoms with Gasteiger partial charge in [0.15, 0.2) is 0 Å². The average Bonchev–Trinajstić information content (AvgIpc) is 2.06. The summed E-state index contributed by atoms with van der Waals surface area (Å²) in [6.07, 6.45) is 1.25. The molecule has 13 heavy (non-hydrogen) atoms. The highest BCUT2D eigenvalue weighted by atomic mass is 19.1. The van der Waals surface area contributed by atoms with Crippen molar-refractivity contribution in [1.29, 1.82) is 0 Å². The van der Waals surface area contributed by atoms with E-state index < -0.39 is 0 Å². The first-order chi connectivity index (χ1) is 6.24. The molecule has 0 spiro atoms. The highest BCUT2D eigenvalue weighted by molar-refractivity contribution is 5.15. The topological polar surface area (TPSA) is 9.23 Å². The van der Waals surface area contributed by atoms with Crippen molar-refractivity contribution in [3.05, 3.63) is 35.6 Å². The van der Waals surface area contributed by atoms with Crippen molar-refractivity contribution < 1.29 is 9.13 Å². The van der Waals surface area contributed by atoms with Crippen LogP contribution in [0.1, 0.15) is 25.8 Å². The maximum absolute atomic E-state index is 12.4. The molecule has 0 aliphatic carbocycles. The Labute approximate surface area is 79.5 Å². The molecule has 0 aliphatic rings. The van der Waals surface area contributed by atoms with Crippen molar-refractivity contribution in [3.8, 4) is 0 Å². The lowest BCUT2D eigenvalue weighted by Crippen LogP contribution is -1.86. The minimum atomic E-state index is -0.213. The monoisotopic (exact) mass is 184 g/mol. The van der Waals surface area contributed by atoms with E-state index in [1.54, 1.807) is 13.2 Å². The molecule has 0 bridgehead atoms. The fourth-order valence-corrected chi connectivity index (χ4v) is 0.793. The molecule has 0 N–H and O–H groups in total. The van der Waals surface area contributed by atoms with Crippen molar-refractivity contribution in [2.45, 2.75) is 26.9 Å². The first-order valence-corrected chi connectivity index (χ1v) is 4.48. The molecular weight excluding hydrogens is 167 g/mol. The molecule has 0 heterocycles. The Morgan fingerprint density at radius 1 is 1.31 bits per heavy atom. The van der Waals surface area contributed by atoms with Crippen LogP contribution in [-0.4, -0.2) is 7.11 Å². The Hall–Kier alpha value is -0.890. The van der Waals surface area contributed by atoms with E-state index in [9.17, 15) is 4.39 Å². The van der Waals surface area contributed by atoms with Gasteiger partial charge in [-0.15, -0.1) is 0 Å². The van der Waals surface area contributed by atoms with Gasteiger partial charge in [0, 0.05) is 7.11 Å². The molecule has 1 nitrogen and oxygen atoms in total. The Morgan fingerprint density at radius 2 is 1.92 bits per heavy atom. The van der Waals surface area contributed by atoms with E-state index in [0.717, 1.165) is 5.56 Å². The molecule has 0 amide bonds. The van der Waals surface area contributed by atoms with Crippen LogP contribution < -0.4 is 0 Å². The number of benzene rings is 1. The fraction of sp³-hybridized carbons (Fsp3) is 0.455. The predicted octanol–water partition coefficient (Wildman–Crippen LogP) is 3.39. The van der Waals surface area contributed by atoms with Crippen LogP contribution in [0.15, 0.2) is 24.3 Å². The lowest BCUT2D eigenvalue weighted by molar-refractivity contribution is 0.184. The van der Waals surface area contributed by atoms with Crippen LogP contribution >= 0.6 is 0 Å². The van der Waals surface area contributed by atoms with E-state index in [2.05, 4.69) is 13.8 Å². The van der Waals surface area contributed by atoms with E-state index in [4.69, 9.17) is 4.74 Å². The predicted molar refractivity (Wildman–Crippen MR) is 53.1 cm³/mol. The van der Waals surface area contributed by atoms with Crippen molar-refractivity contribution in [1.82, 2.24) is 0 Å². The third-order valence-corrected chi connectivity index (χ3v) is 1.20. The summed E-state index contributed by atoms with van der Waals surface area (Å²) in [5.41, 5.74) is 0.863. The third kappa shape index (κ3) is 6.29. The normalized spacial score (nSPS) is 8.92. The molecule has 1 aromatic rings. The zero-order chi connectivity index (χ0) is 10.1. The zero-order valence-corrected chi connectivity index (χ0v) is 8.51. The Kier molecular flexibility index (Phi) is 7.21. The summed E-state index contributed by atoms with van der Waals surface area (Å²) < 4.78 is 17.3. The van der Waals surface area contributed by atoms with E-state index in [0.29, 0.717) is 6.61 Å². The summed E-state index contributed by atoms with van der Waals surface area (Å²) in [7, 11) is 1.59. The molecule has 0 aromatic heterocycles. The second kappa shape index (κ2) is 7.74. The standard InChI is InChI=1S/C8H9FO.C3H8/c1-10-6-7-3-2-4-8(9)5-7;1-3-2/h2-5H,6H2,1H3;3H2,1-2H3. The van der Waals surface area contributed by atoms with E-state index in [1.807, 2.05) is 6.07 Å². The highest BCUT2D eigenvalue weighted by Crippen LogP contribution is 2.03. The maximum atomic E-state index is 12.4. The van der Waals surface area contributed by atoms with Crippen molar-refractivity contribution in [2.75, 3.05) is 7.11 Å². The van der Waals surface area contributed by atoms with Crippen LogP contribution in [0.2, 0.25) is 0 Å². The third-order valence-electron chi connectivity index (χ3n) is 1.20. The molecule has 1 rings (SSSR count). The minimum absolute atomic E-state index is 0.213. The van der Waals surface area contributed by atoms with Gasteiger partial charge in [0.1, 0.15) is 5.82 Å².